The van der Waals surface area contributed by atoms with Crippen molar-refractivity contribution in [3.63, 3.8) is 0 Å². The van der Waals surface area contributed by atoms with Gasteiger partial charge in [-0.1, -0.05) is 27.4 Å². The molecule has 8 nitrogen and oxygen atoms in total. The number of hydrogen-bond donors (Lipinski definition) is 5. The summed E-state index contributed by atoms with van der Waals surface area (Å²) in [4.78, 5) is 10.5. The second kappa shape index (κ2) is 8.07. The van der Waals surface area contributed by atoms with Crippen molar-refractivity contribution in [2.45, 2.75) is 51.2 Å². The van der Waals surface area contributed by atoms with Crippen molar-refractivity contribution >= 4 is 5.97 Å². The number of carboxylic acids is 1. The van der Waals surface area contributed by atoms with Gasteiger partial charge in [-0.05, 0) is 5.41 Å². The van der Waals surface area contributed by atoms with Gasteiger partial charge < -0.3 is 35.2 Å². The van der Waals surface area contributed by atoms with Crippen LogP contribution in [0.15, 0.2) is 12.3 Å². The Balaban J connectivity index is 2.82. The highest BCUT2D eigenvalue weighted by Gasteiger charge is 2.48. The molecule has 0 amide bonds. The maximum Gasteiger partial charge on any atom is 0.329 e. The van der Waals surface area contributed by atoms with E-state index in [0.29, 0.717) is 0 Å². The molecule has 1 rings (SSSR count). The van der Waals surface area contributed by atoms with Gasteiger partial charge in [0.1, 0.15) is 24.9 Å². The molecule has 0 spiro atoms. The number of carbonyl (C=O) groups is 1. The monoisotopic (exact) mass is 333 g/mol. The summed E-state index contributed by atoms with van der Waals surface area (Å²) in [6, 6.07) is -0.621. The zero-order valence-corrected chi connectivity index (χ0v) is 13.7. The molecule has 5 unspecified atom stereocenters. The third kappa shape index (κ3) is 5.74. The third-order valence-electron chi connectivity index (χ3n) is 3.65. The molecule has 8 heteroatoms. The first-order valence-electron chi connectivity index (χ1n) is 7.45. The number of aliphatic hydroxyl groups is 3. The van der Waals surface area contributed by atoms with Gasteiger partial charge in [-0.3, -0.25) is 0 Å². The van der Waals surface area contributed by atoms with Crippen molar-refractivity contribution in [3.05, 3.63) is 12.3 Å². The zero-order chi connectivity index (χ0) is 17.8. The van der Waals surface area contributed by atoms with Crippen molar-refractivity contribution in [1.29, 1.82) is 0 Å². The van der Waals surface area contributed by atoms with Crippen LogP contribution in [0.25, 0.3) is 0 Å². The average molecular weight is 333 g/mol. The molecular formula is C15H27NO7. The van der Waals surface area contributed by atoms with E-state index in [1.165, 1.54) is 0 Å². The van der Waals surface area contributed by atoms with Gasteiger partial charge in [0.2, 0.25) is 0 Å². The molecule has 1 heterocycles. The lowest BCUT2D eigenvalue weighted by atomic mass is 9.78. The number of hydrogen-bond acceptors (Lipinski definition) is 7. The first-order valence-corrected chi connectivity index (χ1v) is 7.45. The number of ether oxygens (including phenoxy) is 2. The fraction of sp³-hybridized carbons (Fsp3) is 0.800. The van der Waals surface area contributed by atoms with Crippen molar-refractivity contribution in [1.82, 2.24) is 5.32 Å². The lowest BCUT2D eigenvalue weighted by Crippen LogP contribution is -2.66. The molecule has 5 N–H and O–H groups in total. The maximum atomic E-state index is 10.5. The van der Waals surface area contributed by atoms with Crippen LogP contribution in [0.2, 0.25) is 0 Å². The number of aliphatic carboxylic acids is 1. The second-order valence-electron chi connectivity index (χ2n) is 6.82. The number of nitrogens with one attached hydrogen (secondary N) is 1. The van der Waals surface area contributed by atoms with E-state index in [-0.39, 0.29) is 24.3 Å². The van der Waals surface area contributed by atoms with Gasteiger partial charge in [-0.2, -0.15) is 0 Å². The molecule has 1 fully saturated rings. The molecule has 0 radical (unpaired) electrons. The number of aliphatic hydroxyl groups excluding tert-OH is 3. The van der Waals surface area contributed by atoms with Crippen LogP contribution in [0.4, 0.5) is 0 Å². The Labute approximate surface area is 135 Å². The summed E-state index contributed by atoms with van der Waals surface area (Å²) in [6.07, 6.45) is -3.74. The van der Waals surface area contributed by atoms with Crippen molar-refractivity contribution < 1.29 is 34.7 Å². The molecule has 0 aliphatic carbocycles. The van der Waals surface area contributed by atoms with E-state index >= 15 is 0 Å². The van der Waals surface area contributed by atoms with E-state index in [4.69, 9.17) is 14.6 Å². The highest BCUT2D eigenvalue weighted by molar-refractivity contribution is 5.67. The van der Waals surface area contributed by atoms with Crippen molar-refractivity contribution in [3.8, 4) is 0 Å². The van der Waals surface area contributed by atoms with E-state index in [9.17, 15) is 20.1 Å². The highest BCUT2D eigenvalue weighted by Crippen LogP contribution is 2.33. The van der Waals surface area contributed by atoms with Crippen LogP contribution in [0.5, 0.6) is 0 Å². The molecule has 1 saturated heterocycles. The fourth-order valence-corrected chi connectivity index (χ4v) is 2.57. The van der Waals surface area contributed by atoms with E-state index in [0.717, 1.165) is 0 Å². The Hall–Kier alpha value is -1.19. The van der Waals surface area contributed by atoms with E-state index < -0.39 is 43.0 Å². The van der Waals surface area contributed by atoms with E-state index in [2.05, 4.69) is 11.9 Å². The molecule has 0 aromatic heterocycles. The minimum absolute atomic E-state index is 0.0601. The smallest absolute Gasteiger partial charge is 0.329 e. The summed E-state index contributed by atoms with van der Waals surface area (Å²) in [5.41, 5.74) is -0.374. The zero-order valence-electron chi connectivity index (χ0n) is 13.7. The van der Waals surface area contributed by atoms with Crippen LogP contribution in [0.3, 0.4) is 0 Å². The minimum atomic E-state index is -1.24. The molecular weight excluding hydrogens is 306 g/mol. The van der Waals surface area contributed by atoms with Crippen LogP contribution < -0.4 is 5.32 Å². The Bertz CT molecular complexity index is 419. The van der Waals surface area contributed by atoms with Crippen LogP contribution in [-0.4, -0.2) is 76.6 Å². The van der Waals surface area contributed by atoms with Gasteiger partial charge in [0, 0.05) is 0 Å². The third-order valence-corrected chi connectivity index (χ3v) is 3.65. The topological polar surface area (TPSA) is 128 Å². The number of carboxylic acid groups (broad SMARTS) is 1. The summed E-state index contributed by atoms with van der Waals surface area (Å²) in [6.45, 7) is 8.54. The molecule has 5 atom stereocenters. The summed E-state index contributed by atoms with van der Waals surface area (Å²) in [7, 11) is 0. The molecule has 23 heavy (non-hydrogen) atoms. The normalized spacial score (nSPS) is 31.8. The molecule has 0 aromatic rings. The molecule has 0 aromatic carbocycles. The van der Waals surface area contributed by atoms with Gasteiger partial charge in [0.15, 0.2) is 0 Å². The molecule has 0 bridgehead atoms. The Morgan fingerprint density at radius 1 is 1.26 bits per heavy atom. The van der Waals surface area contributed by atoms with E-state index in [1.807, 2.05) is 20.8 Å². The quantitative estimate of drug-likeness (QED) is 0.400. The van der Waals surface area contributed by atoms with E-state index in [1.54, 1.807) is 0 Å². The molecule has 1 aliphatic rings. The molecule has 1 aliphatic heterocycles. The summed E-state index contributed by atoms with van der Waals surface area (Å²) in [5.74, 6) is -1.21. The molecule has 0 saturated carbocycles. The Kier molecular flexibility index (Phi) is 6.97. The average Bonchev–Trinajstić information content (AvgIpc) is 2.40. The fourth-order valence-electron chi connectivity index (χ4n) is 2.57. The molecule has 134 valence electrons. The van der Waals surface area contributed by atoms with Gasteiger partial charge in [-0.25, -0.2) is 4.79 Å². The van der Waals surface area contributed by atoms with Crippen LogP contribution in [-0.2, 0) is 14.3 Å². The van der Waals surface area contributed by atoms with Crippen LogP contribution in [0.1, 0.15) is 20.8 Å². The predicted molar refractivity (Wildman–Crippen MR) is 82.1 cm³/mol. The SMILES string of the molecule is C=C(O)CNC1C(O)C(O)C(COCC(=O)O)OC1C(C)(C)C. The van der Waals surface area contributed by atoms with Crippen molar-refractivity contribution in [2.75, 3.05) is 19.8 Å². The van der Waals surface area contributed by atoms with Crippen LogP contribution >= 0.6 is 0 Å². The second-order valence-corrected chi connectivity index (χ2v) is 6.82. The van der Waals surface area contributed by atoms with Gasteiger partial charge >= 0.3 is 5.97 Å². The highest BCUT2D eigenvalue weighted by atomic mass is 16.6. The predicted octanol–water partition coefficient (Wildman–Crippen LogP) is -0.347. The Morgan fingerprint density at radius 2 is 1.87 bits per heavy atom. The van der Waals surface area contributed by atoms with Crippen molar-refractivity contribution in [2.24, 2.45) is 5.41 Å². The van der Waals surface area contributed by atoms with Gasteiger partial charge in [-0.15, -0.1) is 0 Å². The standard InChI is InChI=1S/C15H27NO7/c1-8(17)5-16-11-13(21)12(20)9(6-22-7-10(18)19)23-14(11)15(2,3)4/h9,11-14,16-17,20-21H,1,5-7H2,2-4H3,(H,18,19). The largest absolute Gasteiger partial charge is 0.512 e. The first kappa shape index (κ1) is 19.9. The Morgan fingerprint density at radius 3 is 2.35 bits per heavy atom. The first-order chi connectivity index (χ1) is 10.5. The minimum Gasteiger partial charge on any atom is -0.512 e. The lowest BCUT2D eigenvalue weighted by molar-refractivity contribution is -0.221. The van der Waals surface area contributed by atoms with Gasteiger partial charge in [0.25, 0.3) is 0 Å². The van der Waals surface area contributed by atoms with Gasteiger partial charge in [0.05, 0.1) is 31.1 Å². The van der Waals surface area contributed by atoms with Crippen LogP contribution in [0, 0.1) is 5.41 Å². The summed E-state index contributed by atoms with van der Waals surface area (Å²) in [5, 5.41) is 41.3. The number of rotatable bonds is 7. The summed E-state index contributed by atoms with van der Waals surface area (Å²) >= 11 is 0. The lowest BCUT2D eigenvalue weighted by Gasteiger charge is -2.48. The maximum absolute atomic E-state index is 10.5. The summed E-state index contributed by atoms with van der Waals surface area (Å²) < 4.78 is 10.8.